The number of hydrogen-bond acceptors (Lipinski definition) is 4. The van der Waals surface area contributed by atoms with Gasteiger partial charge in [-0.15, -0.1) is 0 Å². The van der Waals surface area contributed by atoms with Crippen molar-refractivity contribution in [1.82, 2.24) is 16.0 Å². The molecule has 2 atom stereocenters. The lowest BCUT2D eigenvalue weighted by atomic mass is 10.0. The molecule has 0 fully saturated rings. The number of carbonyl (C=O) groups is 4. The molecule has 0 aliphatic rings. The number of rotatable bonds is 12. The van der Waals surface area contributed by atoms with Gasteiger partial charge >= 0.3 is 5.97 Å². The van der Waals surface area contributed by atoms with Crippen molar-refractivity contribution in [1.29, 1.82) is 0 Å². The molecule has 0 aliphatic heterocycles. The molecule has 8 nitrogen and oxygen atoms in total. The van der Waals surface area contributed by atoms with Crippen molar-refractivity contribution in [3.63, 3.8) is 0 Å². The average molecular weight is 538 g/mol. The van der Waals surface area contributed by atoms with Gasteiger partial charge < -0.3 is 21.1 Å². The molecule has 0 saturated carbocycles. The maximum atomic E-state index is 13.2. The summed E-state index contributed by atoms with van der Waals surface area (Å²) >= 11 is 0. The summed E-state index contributed by atoms with van der Waals surface area (Å²) < 4.78 is 0. The highest BCUT2D eigenvalue weighted by atomic mass is 16.4. The van der Waals surface area contributed by atoms with E-state index in [9.17, 15) is 24.3 Å². The van der Waals surface area contributed by atoms with Gasteiger partial charge in [-0.25, -0.2) is 4.79 Å². The van der Waals surface area contributed by atoms with Gasteiger partial charge in [0, 0.05) is 12.8 Å². The lowest BCUT2D eigenvalue weighted by Crippen LogP contribution is -2.54. The van der Waals surface area contributed by atoms with Gasteiger partial charge in [-0.2, -0.15) is 0 Å². The van der Waals surface area contributed by atoms with Crippen molar-refractivity contribution in [2.75, 3.05) is 6.54 Å². The molecule has 0 aromatic heterocycles. The van der Waals surface area contributed by atoms with Crippen molar-refractivity contribution >= 4 is 34.5 Å². The van der Waals surface area contributed by atoms with Crippen LogP contribution in [0.25, 0.3) is 10.8 Å². The molecule has 0 unspecified atom stereocenters. The van der Waals surface area contributed by atoms with Crippen LogP contribution in [0.3, 0.4) is 0 Å². The van der Waals surface area contributed by atoms with Crippen LogP contribution in [-0.4, -0.2) is 47.4 Å². The van der Waals surface area contributed by atoms with Gasteiger partial charge in [0.2, 0.25) is 17.7 Å². The zero-order chi connectivity index (χ0) is 28.3. The third-order valence-electron chi connectivity index (χ3n) is 6.46. The number of carbonyl (C=O) groups excluding carboxylic acids is 3. The molecule has 4 rings (SSSR count). The molecule has 4 aromatic rings. The highest BCUT2D eigenvalue weighted by molar-refractivity contribution is 5.92. The standard InChI is InChI=1S/C32H31N3O5/c36-29(20-24-15-16-25-13-7-8-14-26(25)17-24)33-21-30(37)34-27(18-22-9-3-1-4-10-22)31(38)35-28(32(39)40)19-23-11-5-2-6-12-23/h1-17,27-28H,18-21H2,(H,33,36)(H,34,37)(H,35,38)(H,39,40)/t27-,28-/m0/s1. The van der Waals surface area contributed by atoms with E-state index in [0.717, 1.165) is 27.5 Å². The van der Waals surface area contributed by atoms with E-state index in [4.69, 9.17) is 0 Å². The quantitative estimate of drug-likeness (QED) is 0.221. The first-order chi connectivity index (χ1) is 19.4. The van der Waals surface area contributed by atoms with Crippen molar-refractivity contribution < 1.29 is 24.3 Å². The maximum Gasteiger partial charge on any atom is 0.326 e. The number of carboxylic acids is 1. The lowest BCUT2D eigenvalue weighted by molar-refractivity contribution is -0.142. The first kappa shape index (κ1) is 28.0. The van der Waals surface area contributed by atoms with Crippen molar-refractivity contribution in [2.24, 2.45) is 0 Å². The largest absolute Gasteiger partial charge is 0.480 e. The summed E-state index contributed by atoms with van der Waals surface area (Å²) in [6.45, 7) is -0.322. The fourth-order valence-corrected chi connectivity index (χ4v) is 4.40. The Bertz CT molecular complexity index is 1470. The molecule has 0 saturated heterocycles. The van der Waals surface area contributed by atoms with Crippen LogP contribution in [0.4, 0.5) is 0 Å². The second-order valence-corrected chi connectivity index (χ2v) is 9.53. The molecule has 0 radical (unpaired) electrons. The average Bonchev–Trinajstić information content (AvgIpc) is 2.96. The summed E-state index contributed by atoms with van der Waals surface area (Å²) in [5, 5.41) is 19.6. The smallest absolute Gasteiger partial charge is 0.326 e. The molecule has 8 heteroatoms. The van der Waals surface area contributed by atoms with E-state index in [1.165, 1.54) is 0 Å². The van der Waals surface area contributed by atoms with Crippen LogP contribution >= 0.6 is 0 Å². The van der Waals surface area contributed by atoms with Crippen LogP contribution in [0, 0.1) is 0 Å². The van der Waals surface area contributed by atoms with E-state index < -0.39 is 29.9 Å². The topological polar surface area (TPSA) is 125 Å². The Morgan fingerprint density at radius 2 is 1.18 bits per heavy atom. The molecule has 3 amide bonds. The summed E-state index contributed by atoms with van der Waals surface area (Å²) in [6.07, 6.45) is 0.353. The molecule has 40 heavy (non-hydrogen) atoms. The third-order valence-corrected chi connectivity index (χ3v) is 6.46. The van der Waals surface area contributed by atoms with E-state index in [1.54, 1.807) is 24.3 Å². The molecule has 0 bridgehead atoms. The number of carboxylic acid groups (broad SMARTS) is 1. The number of fused-ring (bicyclic) bond motifs is 1. The van der Waals surface area contributed by atoms with Gasteiger partial charge in [0.1, 0.15) is 12.1 Å². The first-order valence-electron chi connectivity index (χ1n) is 13.0. The monoisotopic (exact) mass is 537 g/mol. The predicted octanol–water partition coefficient (Wildman–Crippen LogP) is 3.04. The molecule has 4 N–H and O–H groups in total. The van der Waals surface area contributed by atoms with E-state index in [0.29, 0.717) is 0 Å². The number of nitrogens with one attached hydrogen (secondary N) is 3. The summed E-state index contributed by atoms with van der Waals surface area (Å²) in [7, 11) is 0. The van der Waals surface area contributed by atoms with Crippen LogP contribution in [0.1, 0.15) is 16.7 Å². The Morgan fingerprint density at radius 1 is 0.600 bits per heavy atom. The molecule has 204 valence electrons. The first-order valence-corrected chi connectivity index (χ1v) is 13.0. The van der Waals surface area contributed by atoms with Crippen LogP contribution in [-0.2, 0) is 38.4 Å². The highest BCUT2D eigenvalue weighted by Gasteiger charge is 2.27. The van der Waals surface area contributed by atoms with E-state index in [2.05, 4.69) is 16.0 Å². The van der Waals surface area contributed by atoms with Gasteiger partial charge in [-0.3, -0.25) is 14.4 Å². The van der Waals surface area contributed by atoms with Crippen LogP contribution in [0.2, 0.25) is 0 Å². The number of amides is 3. The fourth-order valence-electron chi connectivity index (χ4n) is 4.40. The number of aliphatic carboxylic acids is 1. The highest BCUT2D eigenvalue weighted by Crippen LogP contribution is 2.16. The van der Waals surface area contributed by atoms with Crippen molar-refractivity contribution in [3.05, 3.63) is 120 Å². The Hall–Kier alpha value is -4.98. The van der Waals surface area contributed by atoms with Gasteiger partial charge in [0.25, 0.3) is 0 Å². The normalized spacial score (nSPS) is 12.2. The second kappa shape index (κ2) is 13.7. The minimum atomic E-state index is -1.18. The summed E-state index contributed by atoms with van der Waals surface area (Å²) in [5.74, 6) is -2.69. The minimum Gasteiger partial charge on any atom is -0.480 e. The third kappa shape index (κ3) is 8.26. The summed E-state index contributed by atoms with van der Waals surface area (Å²) in [5.41, 5.74) is 2.36. The van der Waals surface area contributed by atoms with Gasteiger partial charge in [-0.05, 0) is 27.5 Å². The van der Waals surface area contributed by atoms with E-state index >= 15 is 0 Å². The van der Waals surface area contributed by atoms with E-state index in [-0.39, 0.29) is 31.7 Å². The van der Waals surface area contributed by atoms with Crippen LogP contribution in [0.5, 0.6) is 0 Å². The fraction of sp³-hybridized carbons (Fsp3) is 0.188. The molecule has 0 aliphatic carbocycles. The maximum absolute atomic E-state index is 13.2. The Balaban J connectivity index is 1.37. The zero-order valence-electron chi connectivity index (χ0n) is 21.9. The van der Waals surface area contributed by atoms with Crippen molar-refractivity contribution in [2.45, 2.75) is 31.3 Å². The summed E-state index contributed by atoms with van der Waals surface area (Å²) in [6, 6.07) is 29.5. The number of hydrogen-bond donors (Lipinski definition) is 4. The molecule has 4 aromatic carbocycles. The van der Waals surface area contributed by atoms with Crippen molar-refractivity contribution in [3.8, 4) is 0 Å². The van der Waals surface area contributed by atoms with E-state index in [1.807, 2.05) is 78.9 Å². The predicted molar refractivity (Wildman–Crippen MR) is 152 cm³/mol. The molecular weight excluding hydrogens is 506 g/mol. The van der Waals surface area contributed by atoms with Crippen LogP contribution < -0.4 is 16.0 Å². The Morgan fingerprint density at radius 3 is 1.80 bits per heavy atom. The number of benzene rings is 4. The van der Waals surface area contributed by atoms with Crippen LogP contribution in [0.15, 0.2) is 103 Å². The van der Waals surface area contributed by atoms with Gasteiger partial charge in [-0.1, -0.05) is 103 Å². The second-order valence-electron chi connectivity index (χ2n) is 9.53. The minimum absolute atomic E-state index is 0.0960. The SMILES string of the molecule is O=C(Cc1ccc2ccccc2c1)NCC(=O)N[C@@H](Cc1ccccc1)C(=O)N[C@@H](Cc1ccccc1)C(=O)O. The zero-order valence-corrected chi connectivity index (χ0v) is 21.9. The molecule has 0 heterocycles. The Kier molecular flexibility index (Phi) is 9.61. The van der Waals surface area contributed by atoms with Gasteiger partial charge in [0.05, 0.1) is 13.0 Å². The van der Waals surface area contributed by atoms with Gasteiger partial charge in [0.15, 0.2) is 0 Å². The molecular formula is C32H31N3O5. The Labute approximate surface area is 232 Å². The summed E-state index contributed by atoms with van der Waals surface area (Å²) in [4.78, 5) is 50.4. The molecule has 0 spiro atoms. The lowest BCUT2D eigenvalue weighted by Gasteiger charge is -2.22.